The summed E-state index contributed by atoms with van der Waals surface area (Å²) in [6.07, 6.45) is 2.74. The first kappa shape index (κ1) is 12.4. The molecule has 1 amide bonds. The molecule has 0 aromatic heterocycles. The quantitative estimate of drug-likeness (QED) is 0.813. The van der Waals surface area contributed by atoms with Gasteiger partial charge in [0.15, 0.2) is 0 Å². The Balaban J connectivity index is 1.81. The van der Waals surface area contributed by atoms with E-state index in [0.717, 1.165) is 19.4 Å². The molecule has 1 aromatic carbocycles. The molecular formula is C14H16N2O2. The van der Waals surface area contributed by atoms with Crippen LogP contribution in [-0.2, 0) is 4.79 Å². The second kappa shape index (κ2) is 6.06. The zero-order valence-corrected chi connectivity index (χ0v) is 10.3. The van der Waals surface area contributed by atoms with E-state index in [1.165, 1.54) is 0 Å². The van der Waals surface area contributed by atoms with E-state index in [2.05, 4.69) is 6.07 Å². The van der Waals surface area contributed by atoms with Gasteiger partial charge in [-0.2, -0.15) is 5.26 Å². The van der Waals surface area contributed by atoms with E-state index in [-0.39, 0.29) is 5.91 Å². The van der Waals surface area contributed by atoms with Crippen LogP contribution in [0.4, 0.5) is 0 Å². The Kier molecular flexibility index (Phi) is 4.19. The van der Waals surface area contributed by atoms with E-state index in [1.807, 2.05) is 11.0 Å². The Bertz CT molecular complexity index is 465. The van der Waals surface area contributed by atoms with E-state index in [9.17, 15) is 4.79 Å². The van der Waals surface area contributed by atoms with Crippen molar-refractivity contribution in [2.45, 2.75) is 19.3 Å². The number of nitrogens with zero attached hydrogens (tertiary/aromatic N) is 2. The number of hydrogen-bond donors (Lipinski definition) is 0. The van der Waals surface area contributed by atoms with Gasteiger partial charge in [0.25, 0.3) is 0 Å². The third kappa shape index (κ3) is 3.24. The first-order valence-corrected chi connectivity index (χ1v) is 6.20. The monoisotopic (exact) mass is 244 g/mol. The van der Waals surface area contributed by atoms with Crippen LogP contribution in [0.3, 0.4) is 0 Å². The van der Waals surface area contributed by atoms with E-state index in [1.54, 1.807) is 18.2 Å². The number of rotatable bonds is 4. The van der Waals surface area contributed by atoms with Crippen LogP contribution in [-0.4, -0.2) is 30.5 Å². The van der Waals surface area contributed by atoms with Crippen LogP contribution in [0, 0.1) is 11.3 Å². The fourth-order valence-corrected chi connectivity index (χ4v) is 2.03. The minimum absolute atomic E-state index is 0.218. The summed E-state index contributed by atoms with van der Waals surface area (Å²) in [6, 6.07) is 9.12. The van der Waals surface area contributed by atoms with Gasteiger partial charge in [0.1, 0.15) is 12.4 Å². The molecule has 1 fully saturated rings. The minimum Gasteiger partial charge on any atom is -0.492 e. The highest BCUT2D eigenvalue weighted by molar-refractivity contribution is 5.76. The van der Waals surface area contributed by atoms with Gasteiger partial charge in [-0.3, -0.25) is 4.79 Å². The number of carbonyl (C=O) groups is 1. The van der Waals surface area contributed by atoms with Gasteiger partial charge in [0.05, 0.1) is 18.2 Å². The summed E-state index contributed by atoms with van der Waals surface area (Å²) in [7, 11) is 0. The van der Waals surface area contributed by atoms with Gasteiger partial charge in [0, 0.05) is 13.0 Å². The number of nitriles is 1. The van der Waals surface area contributed by atoms with Crippen molar-refractivity contribution in [2.24, 2.45) is 0 Å². The molecule has 0 radical (unpaired) electrons. The Morgan fingerprint density at radius 3 is 3.06 bits per heavy atom. The molecule has 18 heavy (non-hydrogen) atoms. The highest BCUT2D eigenvalue weighted by Crippen LogP contribution is 2.13. The highest BCUT2D eigenvalue weighted by atomic mass is 16.5. The van der Waals surface area contributed by atoms with Crippen molar-refractivity contribution in [3.8, 4) is 11.8 Å². The van der Waals surface area contributed by atoms with Gasteiger partial charge in [-0.05, 0) is 31.0 Å². The maximum Gasteiger partial charge on any atom is 0.222 e. The maximum absolute atomic E-state index is 11.6. The lowest BCUT2D eigenvalue weighted by atomic mass is 10.1. The van der Waals surface area contributed by atoms with Crippen molar-refractivity contribution < 1.29 is 9.53 Å². The summed E-state index contributed by atoms with van der Waals surface area (Å²) in [4.78, 5) is 13.4. The van der Waals surface area contributed by atoms with E-state index >= 15 is 0 Å². The topological polar surface area (TPSA) is 53.3 Å². The molecule has 0 unspecified atom stereocenters. The van der Waals surface area contributed by atoms with Gasteiger partial charge in [-0.25, -0.2) is 0 Å². The third-order valence-corrected chi connectivity index (χ3v) is 3.01. The normalized spacial score (nSPS) is 15.3. The minimum atomic E-state index is 0.218. The van der Waals surface area contributed by atoms with Crippen LogP contribution < -0.4 is 4.74 Å². The first-order valence-electron chi connectivity index (χ1n) is 6.20. The SMILES string of the molecule is N#Cc1cccc(OCCN2CCCCC2=O)c1. The number of likely N-dealkylation sites (tertiary alicyclic amines) is 1. The molecule has 1 heterocycles. The highest BCUT2D eigenvalue weighted by Gasteiger charge is 2.17. The van der Waals surface area contributed by atoms with Gasteiger partial charge in [-0.15, -0.1) is 0 Å². The molecule has 2 rings (SSSR count). The molecule has 1 saturated heterocycles. The number of hydrogen-bond acceptors (Lipinski definition) is 3. The molecule has 0 spiro atoms. The molecule has 0 aliphatic carbocycles. The molecule has 1 aliphatic heterocycles. The molecule has 94 valence electrons. The third-order valence-electron chi connectivity index (χ3n) is 3.01. The van der Waals surface area contributed by atoms with Crippen LogP contribution in [0.2, 0.25) is 0 Å². The molecule has 0 saturated carbocycles. The van der Waals surface area contributed by atoms with Crippen LogP contribution >= 0.6 is 0 Å². The van der Waals surface area contributed by atoms with Crippen LogP contribution in [0.5, 0.6) is 5.75 Å². The Labute approximate surface area is 107 Å². The number of benzene rings is 1. The predicted molar refractivity (Wildman–Crippen MR) is 67.1 cm³/mol. The maximum atomic E-state index is 11.6. The lowest BCUT2D eigenvalue weighted by Gasteiger charge is -2.26. The summed E-state index contributed by atoms with van der Waals surface area (Å²) in [5.74, 6) is 0.897. The molecule has 4 heteroatoms. The summed E-state index contributed by atoms with van der Waals surface area (Å²) in [6.45, 7) is 1.93. The van der Waals surface area contributed by atoms with Crippen molar-refractivity contribution >= 4 is 5.91 Å². The lowest BCUT2D eigenvalue weighted by molar-refractivity contribution is -0.133. The summed E-state index contributed by atoms with van der Waals surface area (Å²) >= 11 is 0. The van der Waals surface area contributed by atoms with Crippen molar-refractivity contribution in [1.82, 2.24) is 4.90 Å². The molecular weight excluding hydrogens is 228 g/mol. The number of amides is 1. The van der Waals surface area contributed by atoms with Crippen molar-refractivity contribution in [3.63, 3.8) is 0 Å². The van der Waals surface area contributed by atoms with Crippen LogP contribution in [0.1, 0.15) is 24.8 Å². The number of piperidine rings is 1. The summed E-state index contributed by atoms with van der Waals surface area (Å²) < 4.78 is 5.55. The molecule has 4 nitrogen and oxygen atoms in total. The number of ether oxygens (including phenoxy) is 1. The summed E-state index contributed by atoms with van der Waals surface area (Å²) in [5.41, 5.74) is 0.585. The van der Waals surface area contributed by atoms with Crippen LogP contribution in [0.25, 0.3) is 0 Å². The van der Waals surface area contributed by atoms with E-state index in [0.29, 0.717) is 30.9 Å². The van der Waals surface area contributed by atoms with E-state index in [4.69, 9.17) is 10.00 Å². The van der Waals surface area contributed by atoms with Gasteiger partial charge >= 0.3 is 0 Å². The van der Waals surface area contributed by atoms with Crippen molar-refractivity contribution in [3.05, 3.63) is 29.8 Å². The van der Waals surface area contributed by atoms with Gasteiger partial charge in [-0.1, -0.05) is 6.07 Å². The van der Waals surface area contributed by atoms with Gasteiger partial charge in [0.2, 0.25) is 5.91 Å². The Morgan fingerprint density at radius 2 is 2.28 bits per heavy atom. The summed E-state index contributed by atoms with van der Waals surface area (Å²) in [5, 5.41) is 8.77. The predicted octanol–water partition coefficient (Wildman–Crippen LogP) is 1.95. The standard InChI is InChI=1S/C14H16N2O2/c15-11-12-4-3-5-13(10-12)18-9-8-16-7-2-1-6-14(16)17/h3-5,10H,1-2,6-9H2. The molecule has 1 aliphatic rings. The van der Waals surface area contributed by atoms with E-state index < -0.39 is 0 Å². The fraction of sp³-hybridized carbons (Fsp3) is 0.429. The average Bonchev–Trinajstić information content (AvgIpc) is 2.41. The molecule has 0 bridgehead atoms. The second-order valence-electron chi connectivity index (χ2n) is 4.33. The largest absolute Gasteiger partial charge is 0.492 e. The van der Waals surface area contributed by atoms with Gasteiger partial charge < -0.3 is 9.64 Å². The zero-order valence-electron chi connectivity index (χ0n) is 10.3. The molecule has 1 aromatic rings. The Morgan fingerprint density at radius 1 is 1.39 bits per heavy atom. The molecule has 0 atom stereocenters. The smallest absolute Gasteiger partial charge is 0.222 e. The zero-order chi connectivity index (χ0) is 12.8. The Hall–Kier alpha value is -2.02. The molecule has 0 N–H and O–H groups in total. The number of carbonyl (C=O) groups excluding carboxylic acids is 1. The fourth-order valence-electron chi connectivity index (χ4n) is 2.03. The van der Waals surface area contributed by atoms with Crippen molar-refractivity contribution in [2.75, 3.05) is 19.7 Å². The first-order chi connectivity index (χ1) is 8.79. The average molecular weight is 244 g/mol. The lowest BCUT2D eigenvalue weighted by Crippen LogP contribution is -2.38. The second-order valence-corrected chi connectivity index (χ2v) is 4.33. The van der Waals surface area contributed by atoms with Crippen LogP contribution in [0.15, 0.2) is 24.3 Å². The van der Waals surface area contributed by atoms with Crippen molar-refractivity contribution in [1.29, 1.82) is 5.26 Å².